The molecule has 27 heavy (non-hydrogen) atoms. The second-order valence-corrected chi connectivity index (χ2v) is 6.62. The van der Waals surface area contributed by atoms with E-state index in [2.05, 4.69) is 10.3 Å². The number of carbonyl (C=O) groups is 2. The van der Waals surface area contributed by atoms with Crippen LogP contribution in [0.1, 0.15) is 5.56 Å². The maximum atomic E-state index is 12.7. The largest absolute Gasteiger partial charge is 0.325 e. The molecule has 0 saturated carbocycles. The van der Waals surface area contributed by atoms with Crippen molar-refractivity contribution in [2.75, 3.05) is 29.9 Å². The number of para-hydroxylation sites is 1. The third kappa shape index (κ3) is 3.46. The molecule has 1 saturated heterocycles. The van der Waals surface area contributed by atoms with E-state index < -0.39 is 0 Å². The van der Waals surface area contributed by atoms with Gasteiger partial charge in [-0.1, -0.05) is 35.9 Å². The van der Waals surface area contributed by atoms with Gasteiger partial charge in [0.05, 0.1) is 11.2 Å². The summed E-state index contributed by atoms with van der Waals surface area (Å²) in [5.74, 6) is -0.229. The van der Waals surface area contributed by atoms with Crippen LogP contribution in [-0.4, -0.2) is 41.5 Å². The minimum Gasteiger partial charge on any atom is -0.323 e. The van der Waals surface area contributed by atoms with Crippen LogP contribution in [0, 0.1) is 6.92 Å². The number of nitrogens with one attached hydrogen (secondary N) is 1. The molecule has 1 N–H and O–H groups in total. The Morgan fingerprint density at radius 2 is 1.85 bits per heavy atom. The summed E-state index contributed by atoms with van der Waals surface area (Å²) in [5.41, 5.74) is 3.39. The van der Waals surface area contributed by atoms with Gasteiger partial charge in [-0.2, -0.15) is 0 Å². The number of carbonyl (C=O) groups excluding carboxylic acids is 2. The fourth-order valence-corrected chi connectivity index (χ4v) is 3.26. The number of hydrogen-bond donors (Lipinski definition) is 1. The van der Waals surface area contributed by atoms with E-state index in [0.717, 1.165) is 22.2 Å². The van der Waals surface area contributed by atoms with Gasteiger partial charge in [-0.3, -0.25) is 14.7 Å². The molecule has 1 aliphatic rings. The third-order valence-electron chi connectivity index (χ3n) is 4.68. The maximum absolute atomic E-state index is 12.7. The lowest BCUT2D eigenvalue weighted by molar-refractivity contribution is -0.116. The van der Waals surface area contributed by atoms with E-state index in [1.165, 1.54) is 0 Å². The molecule has 6 heteroatoms. The van der Waals surface area contributed by atoms with Crippen LogP contribution in [0.25, 0.3) is 10.9 Å². The number of aryl methyl sites for hydroxylation is 1. The van der Waals surface area contributed by atoms with E-state index in [9.17, 15) is 9.59 Å². The van der Waals surface area contributed by atoms with Crippen molar-refractivity contribution < 1.29 is 9.59 Å². The molecular formula is C21H20N4O2. The topological polar surface area (TPSA) is 65.5 Å². The van der Waals surface area contributed by atoms with Crippen molar-refractivity contribution in [3.63, 3.8) is 0 Å². The second kappa shape index (κ2) is 7.07. The molecule has 1 aliphatic heterocycles. The van der Waals surface area contributed by atoms with E-state index in [1.54, 1.807) is 16.0 Å². The SMILES string of the molecule is Cc1ccc(N2CCN(CC(=O)Nc3cccc4cccnc34)C2=O)cc1. The van der Waals surface area contributed by atoms with Crippen LogP contribution in [0.4, 0.5) is 16.2 Å². The minimum atomic E-state index is -0.229. The molecule has 0 spiro atoms. The van der Waals surface area contributed by atoms with Crippen molar-refractivity contribution in [2.24, 2.45) is 0 Å². The summed E-state index contributed by atoms with van der Waals surface area (Å²) in [6.07, 6.45) is 1.70. The van der Waals surface area contributed by atoms with Crippen LogP contribution in [-0.2, 0) is 4.79 Å². The molecule has 3 aromatic rings. The first-order valence-corrected chi connectivity index (χ1v) is 8.88. The summed E-state index contributed by atoms with van der Waals surface area (Å²) in [5, 5.41) is 3.84. The zero-order chi connectivity index (χ0) is 18.8. The van der Waals surface area contributed by atoms with Crippen molar-refractivity contribution in [3.05, 3.63) is 66.4 Å². The van der Waals surface area contributed by atoms with Crippen LogP contribution < -0.4 is 10.2 Å². The fourth-order valence-electron chi connectivity index (χ4n) is 3.26. The summed E-state index contributed by atoms with van der Waals surface area (Å²) in [4.78, 5) is 32.7. The van der Waals surface area contributed by atoms with Gasteiger partial charge in [-0.05, 0) is 31.2 Å². The van der Waals surface area contributed by atoms with Crippen molar-refractivity contribution >= 4 is 34.2 Å². The average Bonchev–Trinajstić information content (AvgIpc) is 3.03. The number of pyridine rings is 1. The Balaban J connectivity index is 1.44. The van der Waals surface area contributed by atoms with Crippen molar-refractivity contribution in [1.82, 2.24) is 9.88 Å². The molecule has 3 amide bonds. The van der Waals surface area contributed by atoms with Gasteiger partial charge in [0.25, 0.3) is 0 Å². The Morgan fingerprint density at radius 1 is 1.07 bits per heavy atom. The summed E-state index contributed by atoms with van der Waals surface area (Å²) in [6, 6.07) is 17.1. The first-order valence-electron chi connectivity index (χ1n) is 8.88. The van der Waals surface area contributed by atoms with E-state index in [-0.39, 0.29) is 18.5 Å². The first kappa shape index (κ1) is 17.0. The summed E-state index contributed by atoms with van der Waals surface area (Å²) in [6.45, 7) is 3.12. The predicted molar refractivity (Wildman–Crippen MR) is 106 cm³/mol. The first-order chi connectivity index (χ1) is 13.1. The Bertz CT molecular complexity index is 995. The lowest BCUT2D eigenvalue weighted by atomic mass is 10.2. The lowest BCUT2D eigenvalue weighted by Gasteiger charge is -2.18. The van der Waals surface area contributed by atoms with E-state index >= 15 is 0 Å². The highest BCUT2D eigenvalue weighted by Gasteiger charge is 2.30. The number of anilines is 2. The number of benzene rings is 2. The van der Waals surface area contributed by atoms with Crippen LogP contribution >= 0.6 is 0 Å². The second-order valence-electron chi connectivity index (χ2n) is 6.62. The normalized spacial score (nSPS) is 14.0. The van der Waals surface area contributed by atoms with Gasteiger partial charge in [-0.15, -0.1) is 0 Å². The molecule has 0 unspecified atom stereocenters. The molecule has 0 atom stereocenters. The molecule has 1 fully saturated rings. The Morgan fingerprint density at radius 3 is 2.67 bits per heavy atom. The fraction of sp³-hybridized carbons (Fsp3) is 0.190. The van der Waals surface area contributed by atoms with Crippen LogP contribution in [0.15, 0.2) is 60.8 Å². The Kier molecular flexibility index (Phi) is 4.46. The predicted octanol–water partition coefficient (Wildman–Crippen LogP) is 3.42. The number of rotatable bonds is 4. The molecule has 6 nitrogen and oxygen atoms in total. The zero-order valence-electron chi connectivity index (χ0n) is 15.1. The van der Waals surface area contributed by atoms with Gasteiger partial charge in [0, 0.05) is 30.4 Å². The highest BCUT2D eigenvalue weighted by atomic mass is 16.2. The highest BCUT2D eigenvalue weighted by Crippen LogP contribution is 2.22. The molecule has 136 valence electrons. The Labute approximate surface area is 157 Å². The molecule has 0 radical (unpaired) electrons. The molecule has 1 aromatic heterocycles. The van der Waals surface area contributed by atoms with Gasteiger partial charge < -0.3 is 10.2 Å². The molecule has 0 aliphatic carbocycles. The van der Waals surface area contributed by atoms with Crippen LogP contribution in [0.2, 0.25) is 0 Å². The number of amides is 3. The minimum absolute atomic E-state index is 0.0183. The van der Waals surface area contributed by atoms with Crippen LogP contribution in [0.5, 0.6) is 0 Å². The van der Waals surface area contributed by atoms with Gasteiger partial charge in [0.2, 0.25) is 5.91 Å². The van der Waals surface area contributed by atoms with Crippen molar-refractivity contribution in [3.8, 4) is 0 Å². The van der Waals surface area contributed by atoms with Gasteiger partial charge in [0.15, 0.2) is 0 Å². The number of hydrogen-bond acceptors (Lipinski definition) is 3. The lowest BCUT2D eigenvalue weighted by Crippen LogP contribution is -2.37. The molecule has 0 bridgehead atoms. The van der Waals surface area contributed by atoms with Gasteiger partial charge in [0.1, 0.15) is 6.54 Å². The monoisotopic (exact) mass is 360 g/mol. The summed E-state index contributed by atoms with van der Waals surface area (Å²) < 4.78 is 0. The maximum Gasteiger partial charge on any atom is 0.325 e. The number of nitrogens with zero attached hydrogens (tertiary/aromatic N) is 3. The van der Waals surface area contributed by atoms with Crippen molar-refractivity contribution in [1.29, 1.82) is 0 Å². The van der Waals surface area contributed by atoms with Crippen LogP contribution in [0.3, 0.4) is 0 Å². The highest BCUT2D eigenvalue weighted by molar-refractivity contribution is 6.03. The van der Waals surface area contributed by atoms with E-state index in [4.69, 9.17) is 0 Å². The molecule has 2 heterocycles. The standard InChI is InChI=1S/C21H20N4O2/c1-15-7-9-17(10-8-15)25-13-12-24(21(25)27)14-19(26)23-18-6-2-4-16-5-3-11-22-20(16)18/h2-11H,12-14H2,1H3,(H,23,26). The molecule has 2 aromatic carbocycles. The molecular weight excluding hydrogens is 340 g/mol. The van der Waals surface area contributed by atoms with Crippen molar-refractivity contribution in [2.45, 2.75) is 6.92 Å². The van der Waals surface area contributed by atoms with E-state index in [0.29, 0.717) is 18.8 Å². The van der Waals surface area contributed by atoms with Gasteiger partial charge >= 0.3 is 6.03 Å². The molecule has 4 rings (SSSR count). The zero-order valence-corrected chi connectivity index (χ0v) is 15.1. The number of urea groups is 1. The van der Waals surface area contributed by atoms with E-state index in [1.807, 2.05) is 61.5 Å². The van der Waals surface area contributed by atoms with Gasteiger partial charge in [-0.25, -0.2) is 4.79 Å². The summed E-state index contributed by atoms with van der Waals surface area (Å²) in [7, 11) is 0. The quantitative estimate of drug-likeness (QED) is 0.775. The summed E-state index contributed by atoms with van der Waals surface area (Å²) >= 11 is 0. The average molecular weight is 360 g/mol. The Hall–Kier alpha value is -3.41. The number of fused-ring (bicyclic) bond motifs is 1. The smallest absolute Gasteiger partial charge is 0.323 e. The number of aromatic nitrogens is 1. The third-order valence-corrected chi connectivity index (χ3v) is 4.68.